The van der Waals surface area contributed by atoms with Gasteiger partial charge in [-0.15, -0.1) is 0 Å². The van der Waals surface area contributed by atoms with Crippen molar-refractivity contribution in [2.45, 2.75) is 217 Å². The van der Waals surface area contributed by atoms with Crippen molar-refractivity contribution in [2.75, 3.05) is 13.2 Å². The van der Waals surface area contributed by atoms with Crippen LogP contribution in [0.25, 0.3) is 0 Å². The summed E-state index contributed by atoms with van der Waals surface area (Å²) >= 11 is 0. The van der Waals surface area contributed by atoms with E-state index in [0.717, 1.165) is 57.8 Å². The van der Waals surface area contributed by atoms with Crippen LogP contribution in [0.5, 0.6) is 0 Å². The summed E-state index contributed by atoms with van der Waals surface area (Å²) in [4.78, 5) is 12.9. The fraction of sp³-hybridized carbons (Fsp3) is 0.800. The van der Waals surface area contributed by atoms with Crippen LogP contribution in [0.15, 0.2) is 48.6 Å². The maximum atomic E-state index is 12.9. The van der Waals surface area contributed by atoms with E-state index in [0.29, 0.717) is 19.3 Å². The van der Waals surface area contributed by atoms with Crippen molar-refractivity contribution in [2.24, 2.45) is 0 Å². The molecule has 0 spiro atoms. The van der Waals surface area contributed by atoms with Gasteiger partial charge < -0.3 is 40.3 Å². The van der Waals surface area contributed by atoms with Gasteiger partial charge in [0.2, 0.25) is 5.91 Å². The molecule has 0 aliphatic carbocycles. The molecule has 9 nitrogen and oxygen atoms in total. The van der Waals surface area contributed by atoms with Crippen LogP contribution in [-0.4, -0.2) is 87.5 Å². The van der Waals surface area contributed by atoms with Crippen LogP contribution in [0.2, 0.25) is 0 Å². The predicted molar refractivity (Wildman–Crippen MR) is 221 cm³/mol. The molecule has 1 heterocycles. The van der Waals surface area contributed by atoms with Gasteiger partial charge in [0.15, 0.2) is 6.29 Å². The average molecular weight is 764 g/mol. The van der Waals surface area contributed by atoms with Gasteiger partial charge in [-0.2, -0.15) is 0 Å². The number of carbonyl (C=O) groups excluding carboxylic acids is 1. The number of nitrogens with one attached hydrogen (secondary N) is 1. The topological polar surface area (TPSA) is 149 Å². The number of hydrogen-bond donors (Lipinski definition) is 6. The third kappa shape index (κ3) is 26.1. The highest BCUT2D eigenvalue weighted by molar-refractivity contribution is 5.76. The third-order valence-electron chi connectivity index (χ3n) is 10.2. The molecule has 1 fully saturated rings. The van der Waals surface area contributed by atoms with Gasteiger partial charge in [-0.05, 0) is 51.4 Å². The fourth-order valence-electron chi connectivity index (χ4n) is 6.68. The maximum Gasteiger partial charge on any atom is 0.220 e. The van der Waals surface area contributed by atoms with Crippen LogP contribution in [0, 0.1) is 0 Å². The molecule has 314 valence electrons. The minimum Gasteiger partial charge on any atom is -0.394 e. The standard InChI is InChI=1S/C45H81NO8/c1-3-5-7-9-11-13-15-17-19-21-22-24-26-28-30-32-34-39(48)38(37-53-45-44(52)43(51)42(50)40(36-47)54-45)46-41(49)35-33-31-29-27-25-23-20-18-16-14-12-10-8-6-4-2/h6,8,12,14,18,20,25,27,38-40,42-45,47-48,50-52H,3-5,7,9-11,13,15-17,19,21-24,26,28-37H2,1-2H3,(H,46,49)/b8-6-,14-12-,20-18-,27-25-. The summed E-state index contributed by atoms with van der Waals surface area (Å²) in [5.74, 6) is -0.187. The van der Waals surface area contributed by atoms with Crippen molar-refractivity contribution in [1.82, 2.24) is 5.32 Å². The Bertz CT molecular complexity index is 983. The Hall–Kier alpha value is -1.85. The van der Waals surface area contributed by atoms with Crippen molar-refractivity contribution >= 4 is 5.91 Å². The highest BCUT2D eigenvalue weighted by atomic mass is 16.7. The summed E-state index contributed by atoms with van der Waals surface area (Å²) in [5, 5.41) is 54.2. The summed E-state index contributed by atoms with van der Waals surface area (Å²) in [5.41, 5.74) is 0. The van der Waals surface area contributed by atoms with Crippen molar-refractivity contribution in [3.05, 3.63) is 48.6 Å². The van der Waals surface area contributed by atoms with Gasteiger partial charge >= 0.3 is 0 Å². The van der Waals surface area contributed by atoms with E-state index in [1.807, 2.05) is 0 Å². The molecule has 54 heavy (non-hydrogen) atoms. The normalized spacial score (nSPS) is 21.9. The Morgan fingerprint density at radius 3 is 1.67 bits per heavy atom. The van der Waals surface area contributed by atoms with Crippen LogP contribution in [0.4, 0.5) is 0 Å². The highest BCUT2D eigenvalue weighted by Crippen LogP contribution is 2.23. The lowest BCUT2D eigenvalue weighted by atomic mass is 9.99. The first-order valence-electron chi connectivity index (χ1n) is 21.8. The van der Waals surface area contributed by atoms with Crippen molar-refractivity contribution < 1.29 is 39.8 Å². The van der Waals surface area contributed by atoms with Gasteiger partial charge in [-0.1, -0.05) is 165 Å². The average Bonchev–Trinajstić information content (AvgIpc) is 3.17. The van der Waals surface area contributed by atoms with Crippen LogP contribution < -0.4 is 5.32 Å². The van der Waals surface area contributed by atoms with Gasteiger partial charge in [0, 0.05) is 6.42 Å². The molecule has 1 saturated heterocycles. The number of unbranched alkanes of at least 4 members (excludes halogenated alkanes) is 17. The van der Waals surface area contributed by atoms with Crippen molar-refractivity contribution in [1.29, 1.82) is 0 Å². The molecule has 0 saturated carbocycles. The zero-order valence-electron chi connectivity index (χ0n) is 34.2. The van der Waals surface area contributed by atoms with Crippen molar-refractivity contribution in [3.63, 3.8) is 0 Å². The summed E-state index contributed by atoms with van der Waals surface area (Å²) in [6, 6.07) is -0.740. The van der Waals surface area contributed by atoms with E-state index in [1.165, 1.54) is 83.5 Å². The lowest BCUT2D eigenvalue weighted by molar-refractivity contribution is -0.302. The first-order valence-corrected chi connectivity index (χ1v) is 21.8. The van der Waals surface area contributed by atoms with E-state index >= 15 is 0 Å². The molecular formula is C45H81NO8. The number of carbonyl (C=O) groups is 1. The lowest BCUT2D eigenvalue weighted by Crippen LogP contribution is -2.60. The number of rotatable bonds is 35. The Balaban J connectivity index is 2.40. The second-order valence-corrected chi connectivity index (χ2v) is 15.1. The lowest BCUT2D eigenvalue weighted by Gasteiger charge is -2.40. The molecule has 0 aromatic carbocycles. The molecule has 1 rings (SSSR count). The molecule has 6 N–H and O–H groups in total. The molecule has 7 atom stereocenters. The summed E-state index contributed by atoms with van der Waals surface area (Å²) in [6.45, 7) is 3.68. The second kappa shape index (κ2) is 35.6. The van der Waals surface area contributed by atoms with Gasteiger partial charge in [-0.25, -0.2) is 0 Å². The van der Waals surface area contributed by atoms with E-state index in [-0.39, 0.29) is 12.5 Å². The molecule has 9 heteroatoms. The predicted octanol–water partition coefficient (Wildman–Crippen LogP) is 8.67. The van der Waals surface area contributed by atoms with Crippen LogP contribution >= 0.6 is 0 Å². The van der Waals surface area contributed by atoms with E-state index in [1.54, 1.807) is 0 Å². The number of aliphatic hydroxyl groups excluding tert-OH is 5. The van der Waals surface area contributed by atoms with Crippen LogP contribution in [0.1, 0.15) is 174 Å². The zero-order chi connectivity index (χ0) is 39.5. The first-order chi connectivity index (χ1) is 26.3. The van der Waals surface area contributed by atoms with E-state index in [2.05, 4.69) is 67.8 Å². The fourth-order valence-corrected chi connectivity index (χ4v) is 6.68. The highest BCUT2D eigenvalue weighted by Gasteiger charge is 2.44. The zero-order valence-corrected chi connectivity index (χ0v) is 34.2. The van der Waals surface area contributed by atoms with Crippen LogP contribution in [0.3, 0.4) is 0 Å². The minimum absolute atomic E-state index is 0.156. The Morgan fingerprint density at radius 2 is 1.15 bits per heavy atom. The van der Waals surface area contributed by atoms with Gasteiger partial charge in [-0.3, -0.25) is 4.79 Å². The Kier molecular flexibility index (Phi) is 33.0. The summed E-state index contributed by atoms with van der Waals surface area (Å²) in [6.07, 6.45) is 36.9. The first kappa shape index (κ1) is 50.2. The monoisotopic (exact) mass is 764 g/mol. The number of allylic oxidation sites excluding steroid dienone is 8. The molecule has 7 unspecified atom stereocenters. The second-order valence-electron chi connectivity index (χ2n) is 15.1. The van der Waals surface area contributed by atoms with E-state index in [9.17, 15) is 30.3 Å². The number of amides is 1. The smallest absolute Gasteiger partial charge is 0.220 e. The minimum atomic E-state index is -1.56. The van der Waals surface area contributed by atoms with E-state index in [4.69, 9.17) is 9.47 Å². The van der Waals surface area contributed by atoms with Crippen LogP contribution in [-0.2, 0) is 14.3 Å². The number of hydrogen-bond acceptors (Lipinski definition) is 8. The van der Waals surface area contributed by atoms with E-state index < -0.39 is 49.5 Å². The summed E-state index contributed by atoms with van der Waals surface area (Å²) < 4.78 is 11.2. The largest absolute Gasteiger partial charge is 0.394 e. The molecule has 1 aliphatic rings. The number of aliphatic hydroxyl groups is 5. The van der Waals surface area contributed by atoms with Gasteiger partial charge in [0.05, 0.1) is 25.4 Å². The molecule has 1 aliphatic heterocycles. The van der Waals surface area contributed by atoms with Crippen molar-refractivity contribution in [3.8, 4) is 0 Å². The molecule has 0 bridgehead atoms. The van der Waals surface area contributed by atoms with Gasteiger partial charge in [0.1, 0.15) is 24.4 Å². The SMILES string of the molecule is CC/C=C\C/C=C\C/C=C\C/C=C\CCCCC(=O)NC(COC1OC(CO)C(O)C(O)C1O)C(O)CCCCCCCCCCCCCCCCCC. The number of ether oxygens (including phenoxy) is 2. The maximum absolute atomic E-state index is 12.9. The molecular weight excluding hydrogens is 682 g/mol. The third-order valence-corrected chi connectivity index (χ3v) is 10.2. The molecule has 0 radical (unpaired) electrons. The Labute approximate surface area is 329 Å². The molecule has 0 aromatic heterocycles. The van der Waals surface area contributed by atoms with Gasteiger partial charge in [0.25, 0.3) is 0 Å². The Morgan fingerprint density at radius 1 is 0.648 bits per heavy atom. The molecule has 0 aromatic rings. The quantitative estimate of drug-likeness (QED) is 0.0278. The summed E-state index contributed by atoms with van der Waals surface area (Å²) in [7, 11) is 0. The molecule has 1 amide bonds.